The highest BCUT2D eigenvalue weighted by Gasteiger charge is 2.25. The van der Waals surface area contributed by atoms with E-state index in [9.17, 15) is 14.4 Å². The summed E-state index contributed by atoms with van der Waals surface area (Å²) >= 11 is 3.27. The van der Waals surface area contributed by atoms with Crippen molar-refractivity contribution in [1.82, 2.24) is 5.32 Å². The number of carbonyl (C=O) groups is 3. The van der Waals surface area contributed by atoms with Crippen LogP contribution in [0.25, 0.3) is 0 Å². The number of halogens is 1. The molecule has 0 heterocycles. The van der Waals surface area contributed by atoms with Crippen molar-refractivity contribution in [3.63, 3.8) is 0 Å². The van der Waals surface area contributed by atoms with E-state index in [2.05, 4.69) is 21.2 Å². The summed E-state index contributed by atoms with van der Waals surface area (Å²) < 4.78 is 6.24. The lowest BCUT2D eigenvalue weighted by atomic mass is 10.2. The van der Waals surface area contributed by atoms with E-state index in [1.165, 1.54) is 6.92 Å². The second-order valence-corrected chi connectivity index (χ2v) is 5.20. The molecule has 2 unspecified atom stereocenters. The summed E-state index contributed by atoms with van der Waals surface area (Å²) in [6.45, 7) is 1.47. The van der Waals surface area contributed by atoms with E-state index in [0.29, 0.717) is 5.75 Å². The highest BCUT2D eigenvalue weighted by atomic mass is 79.9. The third-order valence-electron chi connectivity index (χ3n) is 2.52. The molecule has 2 amide bonds. The van der Waals surface area contributed by atoms with E-state index < -0.39 is 36.4 Å². The fraction of sp³-hybridized carbons (Fsp3) is 0.308. The van der Waals surface area contributed by atoms with Gasteiger partial charge in [0.05, 0.1) is 6.42 Å². The van der Waals surface area contributed by atoms with Crippen molar-refractivity contribution < 1.29 is 24.2 Å². The fourth-order valence-corrected chi connectivity index (χ4v) is 1.73. The summed E-state index contributed by atoms with van der Waals surface area (Å²) in [4.78, 5) is 33.5. The number of nitrogens with one attached hydrogen (secondary N) is 1. The number of carboxylic acid groups (broad SMARTS) is 1. The molecular weight excluding hydrogens is 344 g/mol. The molecule has 1 aromatic carbocycles. The van der Waals surface area contributed by atoms with Gasteiger partial charge in [0.15, 0.2) is 6.10 Å². The first-order chi connectivity index (χ1) is 9.79. The molecule has 21 heavy (non-hydrogen) atoms. The molecule has 0 spiro atoms. The predicted octanol–water partition coefficient (Wildman–Crippen LogP) is 0.661. The van der Waals surface area contributed by atoms with Crippen molar-refractivity contribution in [2.24, 2.45) is 5.73 Å². The number of carboxylic acids is 1. The molecule has 7 nitrogen and oxygen atoms in total. The number of hydrogen-bond acceptors (Lipinski definition) is 4. The van der Waals surface area contributed by atoms with Gasteiger partial charge in [0.25, 0.3) is 5.91 Å². The molecule has 0 aliphatic rings. The highest BCUT2D eigenvalue weighted by Crippen LogP contribution is 2.17. The predicted molar refractivity (Wildman–Crippen MR) is 77.6 cm³/mol. The van der Waals surface area contributed by atoms with Crippen LogP contribution in [-0.4, -0.2) is 35.0 Å². The summed E-state index contributed by atoms with van der Waals surface area (Å²) in [7, 11) is 0. The van der Waals surface area contributed by atoms with Crippen LogP contribution in [0.4, 0.5) is 0 Å². The normalized spacial score (nSPS) is 13.0. The van der Waals surface area contributed by atoms with Gasteiger partial charge in [-0.05, 0) is 31.2 Å². The average molecular weight is 359 g/mol. The maximum atomic E-state index is 11.8. The van der Waals surface area contributed by atoms with Gasteiger partial charge in [-0.2, -0.15) is 0 Å². The van der Waals surface area contributed by atoms with Gasteiger partial charge < -0.3 is 20.9 Å². The SMILES string of the molecule is CC(Oc1ccc(Br)cc1)C(=O)NC(CC(N)=O)C(=O)O. The summed E-state index contributed by atoms with van der Waals surface area (Å²) in [5.74, 6) is -2.34. The topological polar surface area (TPSA) is 119 Å². The van der Waals surface area contributed by atoms with Crippen LogP contribution in [-0.2, 0) is 14.4 Å². The average Bonchev–Trinajstić information content (AvgIpc) is 2.39. The van der Waals surface area contributed by atoms with Crippen LogP contribution in [0, 0.1) is 0 Å². The Hall–Kier alpha value is -2.09. The van der Waals surface area contributed by atoms with Crippen molar-refractivity contribution in [2.45, 2.75) is 25.5 Å². The van der Waals surface area contributed by atoms with E-state index in [1.807, 2.05) is 0 Å². The standard InChI is InChI=1S/C13H15BrN2O5/c1-7(21-9-4-2-8(14)3-5-9)12(18)16-10(13(19)20)6-11(15)17/h2-5,7,10H,6H2,1H3,(H2,15,17)(H,16,18)(H,19,20). The van der Waals surface area contributed by atoms with Crippen LogP contribution in [0.15, 0.2) is 28.7 Å². The Bertz CT molecular complexity index is 532. The number of amides is 2. The quantitative estimate of drug-likeness (QED) is 0.661. The van der Waals surface area contributed by atoms with Gasteiger partial charge in [-0.3, -0.25) is 9.59 Å². The van der Waals surface area contributed by atoms with E-state index in [0.717, 1.165) is 4.47 Å². The number of primary amides is 1. The molecule has 0 aliphatic heterocycles. The summed E-state index contributed by atoms with van der Waals surface area (Å²) in [5, 5.41) is 11.1. The zero-order valence-corrected chi connectivity index (χ0v) is 12.8. The number of hydrogen-bond donors (Lipinski definition) is 3. The molecule has 2 atom stereocenters. The van der Waals surface area contributed by atoms with Gasteiger partial charge in [-0.15, -0.1) is 0 Å². The van der Waals surface area contributed by atoms with Crippen LogP contribution < -0.4 is 15.8 Å². The maximum Gasteiger partial charge on any atom is 0.326 e. The van der Waals surface area contributed by atoms with E-state index in [-0.39, 0.29) is 0 Å². The van der Waals surface area contributed by atoms with Gasteiger partial charge in [-0.25, -0.2) is 4.79 Å². The number of rotatable bonds is 7. The fourth-order valence-electron chi connectivity index (χ4n) is 1.46. The van der Waals surface area contributed by atoms with Crippen LogP contribution in [0.1, 0.15) is 13.3 Å². The lowest BCUT2D eigenvalue weighted by molar-refractivity contribution is -0.144. The highest BCUT2D eigenvalue weighted by molar-refractivity contribution is 9.10. The Kier molecular flexibility index (Phi) is 6.16. The third-order valence-corrected chi connectivity index (χ3v) is 3.04. The molecule has 1 rings (SSSR count). The van der Waals surface area contributed by atoms with Crippen LogP contribution in [0.2, 0.25) is 0 Å². The van der Waals surface area contributed by atoms with Crippen molar-refractivity contribution in [2.75, 3.05) is 0 Å². The Morgan fingerprint density at radius 1 is 1.33 bits per heavy atom. The Morgan fingerprint density at radius 3 is 2.38 bits per heavy atom. The Balaban J connectivity index is 2.62. The number of aliphatic carboxylic acids is 1. The second kappa shape index (κ2) is 7.63. The van der Waals surface area contributed by atoms with Gasteiger partial charge in [0.2, 0.25) is 5.91 Å². The van der Waals surface area contributed by atoms with Crippen molar-refractivity contribution in [3.05, 3.63) is 28.7 Å². The first-order valence-corrected chi connectivity index (χ1v) is 6.82. The number of carbonyl (C=O) groups excluding carboxylic acids is 2. The lowest BCUT2D eigenvalue weighted by Crippen LogP contribution is -2.47. The molecule has 0 saturated carbocycles. The molecule has 114 valence electrons. The molecule has 0 saturated heterocycles. The number of ether oxygens (including phenoxy) is 1. The molecule has 0 aliphatic carbocycles. The van der Waals surface area contributed by atoms with Gasteiger partial charge in [-0.1, -0.05) is 15.9 Å². The summed E-state index contributed by atoms with van der Waals surface area (Å²) in [6.07, 6.45) is -1.40. The molecule has 0 aromatic heterocycles. The van der Waals surface area contributed by atoms with Crippen molar-refractivity contribution >= 4 is 33.7 Å². The maximum absolute atomic E-state index is 11.8. The molecule has 0 radical (unpaired) electrons. The van der Waals surface area contributed by atoms with Crippen molar-refractivity contribution in [3.8, 4) is 5.75 Å². The van der Waals surface area contributed by atoms with E-state index in [4.69, 9.17) is 15.6 Å². The molecule has 4 N–H and O–H groups in total. The minimum absolute atomic E-state index is 0.461. The first-order valence-electron chi connectivity index (χ1n) is 6.03. The van der Waals surface area contributed by atoms with Crippen LogP contribution in [0.5, 0.6) is 5.75 Å². The van der Waals surface area contributed by atoms with Crippen LogP contribution in [0.3, 0.4) is 0 Å². The van der Waals surface area contributed by atoms with E-state index >= 15 is 0 Å². The van der Waals surface area contributed by atoms with Crippen molar-refractivity contribution in [1.29, 1.82) is 0 Å². The van der Waals surface area contributed by atoms with E-state index in [1.54, 1.807) is 24.3 Å². The zero-order chi connectivity index (χ0) is 16.0. The smallest absolute Gasteiger partial charge is 0.326 e. The molecule has 0 bridgehead atoms. The summed E-state index contributed by atoms with van der Waals surface area (Å²) in [6, 6.07) is 5.43. The zero-order valence-electron chi connectivity index (χ0n) is 11.2. The van der Waals surface area contributed by atoms with Crippen LogP contribution >= 0.6 is 15.9 Å². The van der Waals surface area contributed by atoms with Gasteiger partial charge in [0.1, 0.15) is 11.8 Å². The third kappa shape index (κ3) is 5.82. The monoisotopic (exact) mass is 358 g/mol. The molecule has 0 fully saturated rings. The minimum Gasteiger partial charge on any atom is -0.481 e. The van der Waals surface area contributed by atoms with Gasteiger partial charge >= 0.3 is 5.97 Å². The number of benzene rings is 1. The first kappa shape index (κ1) is 17.0. The molecule has 8 heteroatoms. The minimum atomic E-state index is -1.37. The summed E-state index contributed by atoms with van der Waals surface area (Å²) in [5.41, 5.74) is 4.93. The second-order valence-electron chi connectivity index (χ2n) is 4.28. The largest absolute Gasteiger partial charge is 0.481 e. The molecule has 1 aromatic rings. The molecular formula is C13H15BrN2O5. The van der Waals surface area contributed by atoms with Gasteiger partial charge in [0, 0.05) is 4.47 Å². The Morgan fingerprint density at radius 2 is 1.90 bits per heavy atom. The number of nitrogens with two attached hydrogens (primary N) is 1. The Labute approximate surface area is 129 Å². The lowest BCUT2D eigenvalue weighted by Gasteiger charge is -2.18.